The number of phenols is 1. The minimum Gasteiger partial charge on any atom is -0.504 e. The Kier molecular flexibility index (Phi) is 1.90. The van der Waals surface area contributed by atoms with Gasteiger partial charge in [-0.15, -0.1) is 0 Å². The van der Waals surface area contributed by atoms with Crippen molar-refractivity contribution in [3.63, 3.8) is 0 Å². The van der Waals surface area contributed by atoms with Gasteiger partial charge in [0.05, 0.1) is 5.56 Å². The quantitative estimate of drug-likeness (QED) is 0.741. The average Bonchev–Trinajstić information content (AvgIpc) is 2.45. The summed E-state index contributed by atoms with van der Waals surface area (Å²) < 4.78 is 18.2. The Bertz CT molecular complexity index is 403. The van der Waals surface area contributed by atoms with Crippen LogP contribution in [0, 0.1) is 9.39 Å². The summed E-state index contributed by atoms with van der Waals surface area (Å²) in [5.74, 6) is -1.23. The van der Waals surface area contributed by atoms with Crippen LogP contribution < -0.4 is 4.74 Å². The molecule has 0 amide bonds. The van der Waals surface area contributed by atoms with E-state index in [0.717, 1.165) is 6.07 Å². The number of phenolic OH excluding ortho intramolecular Hbond substituents is 1. The number of ether oxygens (including phenoxy) is 1. The fourth-order valence-electron chi connectivity index (χ4n) is 1.15. The van der Waals surface area contributed by atoms with Crippen LogP contribution in [0.15, 0.2) is 6.07 Å². The monoisotopic (exact) mass is 294 g/mol. The summed E-state index contributed by atoms with van der Waals surface area (Å²) >= 11 is 1.74. The van der Waals surface area contributed by atoms with Gasteiger partial charge in [-0.1, -0.05) is 0 Å². The molecule has 13 heavy (non-hydrogen) atoms. The first-order chi connectivity index (χ1) is 6.11. The van der Waals surface area contributed by atoms with Gasteiger partial charge in [0.15, 0.2) is 18.2 Å². The standard InChI is InChI=1S/C8H4FIO3/c9-4-1-3-5(11)2-13-8(3)6(10)7(4)12/h1,12H,2H2. The van der Waals surface area contributed by atoms with Gasteiger partial charge in [0.1, 0.15) is 9.32 Å². The van der Waals surface area contributed by atoms with Gasteiger partial charge in [-0.3, -0.25) is 4.79 Å². The van der Waals surface area contributed by atoms with Crippen LogP contribution in [0.25, 0.3) is 0 Å². The van der Waals surface area contributed by atoms with E-state index >= 15 is 0 Å². The highest BCUT2D eigenvalue weighted by Crippen LogP contribution is 2.38. The molecule has 3 nitrogen and oxygen atoms in total. The van der Waals surface area contributed by atoms with E-state index in [4.69, 9.17) is 4.74 Å². The molecule has 0 unspecified atom stereocenters. The Balaban J connectivity index is 2.74. The van der Waals surface area contributed by atoms with Crippen LogP contribution in [-0.2, 0) is 0 Å². The number of fused-ring (bicyclic) bond motifs is 1. The van der Waals surface area contributed by atoms with Crippen LogP contribution in [0.2, 0.25) is 0 Å². The Hall–Kier alpha value is -0.850. The van der Waals surface area contributed by atoms with Crippen molar-refractivity contribution in [2.45, 2.75) is 0 Å². The van der Waals surface area contributed by atoms with E-state index in [1.807, 2.05) is 0 Å². The zero-order valence-electron chi connectivity index (χ0n) is 6.30. The molecule has 0 atom stereocenters. The van der Waals surface area contributed by atoms with Crippen molar-refractivity contribution in [3.05, 3.63) is 21.0 Å². The summed E-state index contributed by atoms with van der Waals surface area (Å²) in [6.07, 6.45) is 0. The van der Waals surface area contributed by atoms with E-state index in [0.29, 0.717) is 0 Å². The Labute approximate surface area is 86.7 Å². The summed E-state index contributed by atoms with van der Waals surface area (Å²) in [6.45, 7) is -0.0752. The van der Waals surface area contributed by atoms with Crippen molar-refractivity contribution in [2.24, 2.45) is 0 Å². The van der Waals surface area contributed by atoms with Gasteiger partial charge in [0.2, 0.25) is 5.78 Å². The maximum Gasteiger partial charge on any atom is 0.204 e. The third kappa shape index (κ3) is 1.18. The molecule has 0 spiro atoms. The number of benzene rings is 1. The summed E-state index contributed by atoms with van der Waals surface area (Å²) in [5.41, 5.74) is 0.208. The van der Waals surface area contributed by atoms with Gasteiger partial charge in [-0.2, -0.15) is 0 Å². The number of halogens is 2. The number of rotatable bonds is 0. The second-order valence-electron chi connectivity index (χ2n) is 2.61. The minimum atomic E-state index is -0.790. The molecule has 1 aromatic carbocycles. The van der Waals surface area contributed by atoms with Crippen molar-refractivity contribution in [3.8, 4) is 11.5 Å². The molecule has 0 radical (unpaired) electrons. The Morgan fingerprint density at radius 3 is 3.00 bits per heavy atom. The molecule has 1 N–H and O–H groups in total. The highest BCUT2D eigenvalue weighted by molar-refractivity contribution is 14.1. The lowest BCUT2D eigenvalue weighted by Crippen LogP contribution is -1.98. The van der Waals surface area contributed by atoms with Gasteiger partial charge in [0, 0.05) is 0 Å². The number of ketones is 1. The molecule has 1 aliphatic rings. The largest absolute Gasteiger partial charge is 0.504 e. The second-order valence-corrected chi connectivity index (χ2v) is 3.69. The van der Waals surface area contributed by atoms with Gasteiger partial charge in [-0.25, -0.2) is 4.39 Å². The van der Waals surface area contributed by atoms with Crippen molar-refractivity contribution < 1.29 is 19.0 Å². The van der Waals surface area contributed by atoms with Crippen LogP contribution in [0.4, 0.5) is 4.39 Å². The van der Waals surface area contributed by atoms with Gasteiger partial charge < -0.3 is 9.84 Å². The lowest BCUT2D eigenvalue weighted by atomic mass is 10.1. The van der Waals surface area contributed by atoms with Crippen LogP contribution in [0.5, 0.6) is 11.5 Å². The summed E-state index contributed by atoms with van der Waals surface area (Å²) in [4.78, 5) is 11.1. The average molecular weight is 294 g/mol. The van der Waals surface area contributed by atoms with Crippen LogP contribution in [0.1, 0.15) is 10.4 Å². The highest BCUT2D eigenvalue weighted by atomic mass is 127. The number of carbonyl (C=O) groups excluding carboxylic acids is 1. The molecule has 0 aliphatic carbocycles. The third-order valence-corrected chi connectivity index (χ3v) is 2.80. The van der Waals surface area contributed by atoms with Crippen molar-refractivity contribution in [1.82, 2.24) is 0 Å². The molecule has 0 saturated heterocycles. The summed E-state index contributed by atoms with van der Waals surface area (Å²) in [7, 11) is 0. The first-order valence-corrected chi connectivity index (χ1v) is 4.56. The van der Waals surface area contributed by atoms with E-state index in [-0.39, 0.29) is 27.3 Å². The molecule has 1 heterocycles. The second kappa shape index (κ2) is 2.83. The molecule has 2 rings (SSSR count). The van der Waals surface area contributed by atoms with Crippen LogP contribution in [-0.4, -0.2) is 17.5 Å². The predicted octanol–water partition coefficient (Wildman–Crippen LogP) is 1.71. The van der Waals surface area contributed by atoms with Gasteiger partial charge in [-0.05, 0) is 28.7 Å². The number of Topliss-reactive ketones (excluding diaryl/α,β-unsaturated/α-hetero) is 1. The van der Waals surface area contributed by atoms with Crippen molar-refractivity contribution in [2.75, 3.05) is 6.61 Å². The molecule has 0 fully saturated rings. The predicted molar refractivity (Wildman–Crippen MR) is 50.6 cm³/mol. The molecular formula is C8H4FIO3. The summed E-state index contributed by atoms with van der Waals surface area (Å²) in [6, 6.07) is 1.00. The van der Waals surface area contributed by atoms with E-state index < -0.39 is 11.6 Å². The van der Waals surface area contributed by atoms with Crippen molar-refractivity contribution >= 4 is 28.4 Å². The van der Waals surface area contributed by atoms with E-state index in [1.54, 1.807) is 22.6 Å². The van der Waals surface area contributed by atoms with Gasteiger partial charge >= 0.3 is 0 Å². The minimum absolute atomic E-state index is 0.0752. The number of hydrogen-bond acceptors (Lipinski definition) is 3. The van der Waals surface area contributed by atoms with E-state index in [2.05, 4.69) is 0 Å². The maximum absolute atomic E-state index is 12.9. The fourth-order valence-corrected chi connectivity index (χ4v) is 1.86. The molecular weight excluding hydrogens is 290 g/mol. The smallest absolute Gasteiger partial charge is 0.204 e. The molecule has 0 aromatic heterocycles. The first kappa shape index (κ1) is 8.74. The first-order valence-electron chi connectivity index (χ1n) is 3.48. The summed E-state index contributed by atoms with van der Waals surface area (Å²) in [5, 5.41) is 9.18. The Morgan fingerprint density at radius 1 is 1.62 bits per heavy atom. The number of carbonyl (C=O) groups is 1. The van der Waals surface area contributed by atoms with E-state index in [1.165, 1.54) is 0 Å². The fraction of sp³-hybridized carbons (Fsp3) is 0.125. The highest BCUT2D eigenvalue weighted by Gasteiger charge is 2.27. The normalized spacial score (nSPS) is 14.2. The molecule has 1 aliphatic heterocycles. The van der Waals surface area contributed by atoms with Gasteiger partial charge in [0.25, 0.3) is 0 Å². The lowest BCUT2D eigenvalue weighted by molar-refractivity contribution is 0.0961. The number of hydrogen-bond donors (Lipinski definition) is 1. The molecule has 1 aromatic rings. The molecule has 0 bridgehead atoms. The SMILES string of the molecule is O=C1COc2c1cc(F)c(O)c2I. The zero-order chi connectivity index (χ0) is 9.59. The maximum atomic E-state index is 12.9. The molecule has 5 heteroatoms. The lowest BCUT2D eigenvalue weighted by Gasteiger charge is -2.03. The van der Waals surface area contributed by atoms with Crippen molar-refractivity contribution in [1.29, 1.82) is 0 Å². The zero-order valence-corrected chi connectivity index (χ0v) is 8.46. The topological polar surface area (TPSA) is 46.5 Å². The third-order valence-electron chi connectivity index (χ3n) is 1.80. The molecule has 68 valence electrons. The van der Waals surface area contributed by atoms with Crippen LogP contribution >= 0.6 is 22.6 Å². The number of aromatic hydroxyl groups is 1. The molecule has 0 saturated carbocycles. The Morgan fingerprint density at radius 2 is 2.31 bits per heavy atom. The van der Waals surface area contributed by atoms with Crippen LogP contribution in [0.3, 0.4) is 0 Å². The van der Waals surface area contributed by atoms with E-state index in [9.17, 15) is 14.3 Å².